The number of amides is 1. The van der Waals surface area contributed by atoms with Crippen LogP contribution in [0.2, 0.25) is 0 Å². The number of hydrogen-bond acceptors (Lipinski definition) is 6. The number of anilines is 1. The summed E-state index contributed by atoms with van der Waals surface area (Å²) in [5.74, 6) is 0.0661. The smallest absolute Gasteiger partial charge is 0.256 e. The van der Waals surface area contributed by atoms with E-state index in [4.69, 9.17) is 4.98 Å². The fourth-order valence-electron chi connectivity index (χ4n) is 4.15. The Morgan fingerprint density at radius 3 is 2.64 bits per heavy atom. The lowest BCUT2D eigenvalue weighted by molar-refractivity contribution is 0.102. The van der Waals surface area contributed by atoms with Crippen molar-refractivity contribution in [1.82, 2.24) is 14.8 Å². The maximum Gasteiger partial charge on any atom is 0.256 e. The Morgan fingerprint density at radius 2 is 1.88 bits per heavy atom. The standard InChI is InChI=1S/C24H24N4O3S2/c1-3-33(30,31)19-10-6-9-18(12-19)23(29)26-22-11-15(2)27-28(22)24-25-20-13-16-7-4-5-8-17(16)14-21(20)32-24/h6,9-14H,3-5,7-8H2,1-2H3,(H,26,29). The summed E-state index contributed by atoms with van der Waals surface area (Å²) in [5, 5.41) is 8.10. The Hall–Kier alpha value is -3.04. The predicted molar refractivity (Wildman–Crippen MR) is 130 cm³/mol. The monoisotopic (exact) mass is 480 g/mol. The first-order chi connectivity index (χ1) is 15.8. The molecule has 9 heteroatoms. The molecular formula is C24H24N4O3S2. The molecule has 1 aliphatic carbocycles. The maximum atomic E-state index is 13.0. The summed E-state index contributed by atoms with van der Waals surface area (Å²) < 4.78 is 27.2. The highest BCUT2D eigenvalue weighted by molar-refractivity contribution is 7.91. The molecule has 0 unspecified atom stereocenters. The average molecular weight is 481 g/mol. The van der Waals surface area contributed by atoms with Gasteiger partial charge in [-0.2, -0.15) is 9.78 Å². The van der Waals surface area contributed by atoms with Gasteiger partial charge in [-0.25, -0.2) is 13.4 Å². The van der Waals surface area contributed by atoms with Gasteiger partial charge >= 0.3 is 0 Å². The van der Waals surface area contributed by atoms with Crippen LogP contribution in [0.1, 0.15) is 46.9 Å². The Labute approximate surface area is 196 Å². The summed E-state index contributed by atoms with van der Waals surface area (Å²) in [6.45, 7) is 3.43. The molecule has 170 valence electrons. The molecule has 0 bridgehead atoms. The summed E-state index contributed by atoms with van der Waals surface area (Å²) in [5.41, 5.74) is 4.73. The zero-order valence-corrected chi connectivity index (χ0v) is 20.1. The van der Waals surface area contributed by atoms with E-state index in [1.54, 1.807) is 41.1 Å². The zero-order chi connectivity index (χ0) is 23.2. The Bertz CT molecular complexity index is 1440. The van der Waals surface area contributed by atoms with Crippen LogP contribution in [0.15, 0.2) is 47.4 Å². The number of hydrogen-bond donors (Lipinski definition) is 1. The van der Waals surface area contributed by atoms with Crippen LogP contribution in [0.3, 0.4) is 0 Å². The van der Waals surface area contributed by atoms with Crippen LogP contribution in [0.4, 0.5) is 5.82 Å². The molecule has 1 amide bonds. The predicted octanol–water partition coefficient (Wildman–Crippen LogP) is 4.72. The summed E-state index contributed by atoms with van der Waals surface area (Å²) in [7, 11) is -3.40. The number of nitrogens with one attached hydrogen (secondary N) is 1. The lowest BCUT2D eigenvalue weighted by Crippen LogP contribution is -2.16. The van der Waals surface area contributed by atoms with Crippen molar-refractivity contribution < 1.29 is 13.2 Å². The fraction of sp³-hybridized carbons (Fsp3) is 0.292. The van der Waals surface area contributed by atoms with Crippen molar-refractivity contribution in [3.63, 3.8) is 0 Å². The van der Waals surface area contributed by atoms with Crippen LogP contribution in [0.5, 0.6) is 0 Å². The summed E-state index contributed by atoms with van der Waals surface area (Å²) >= 11 is 1.54. The van der Waals surface area contributed by atoms with Crippen molar-refractivity contribution in [1.29, 1.82) is 0 Å². The Kier molecular flexibility index (Phi) is 5.54. The molecule has 0 spiro atoms. The largest absolute Gasteiger partial charge is 0.306 e. The van der Waals surface area contributed by atoms with Gasteiger partial charge in [-0.3, -0.25) is 4.79 Å². The third-order valence-electron chi connectivity index (χ3n) is 5.93. The van der Waals surface area contributed by atoms with Crippen LogP contribution >= 0.6 is 11.3 Å². The van der Waals surface area contributed by atoms with Gasteiger partial charge in [-0.1, -0.05) is 24.3 Å². The van der Waals surface area contributed by atoms with Crippen LogP contribution in [-0.4, -0.2) is 34.8 Å². The molecule has 1 aliphatic rings. The average Bonchev–Trinajstić information content (AvgIpc) is 3.39. The highest BCUT2D eigenvalue weighted by Gasteiger charge is 2.19. The van der Waals surface area contributed by atoms with Gasteiger partial charge < -0.3 is 5.32 Å². The summed E-state index contributed by atoms with van der Waals surface area (Å²) in [6.07, 6.45) is 4.63. The van der Waals surface area contributed by atoms with Crippen LogP contribution in [0, 0.1) is 6.92 Å². The van der Waals surface area contributed by atoms with E-state index in [0.717, 1.165) is 28.8 Å². The van der Waals surface area contributed by atoms with E-state index in [1.807, 2.05) is 6.92 Å². The quantitative estimate of drug-likeness (QED) is 0.446. The lowest BCUT2D eigenvalue weighted by Gasteiger charge is -2.14. The molecule has 0 aliphatic heterocycles. The van der Waals surface area contributed by atoms with Crippen molar-refractivity contribution in [2.45, 2.75) is 44.4 Å². The number of fused-ring (bicyclic) bond motifs is 2. The maximum absolute atomic E-state index is 13.0. The molecule has 0 saturated heterocycles. The molecule has 1 N–H and O–H groups in total. The molecule has 7 nitrogen and oxygen atoms in total. The molecule has 2 aromatic carbocycles. The topological polar surface area (TPSA) is 94.0 Å². The number of thiazole rings is 1. The summed E-state index contributed by atoms with van der Waals surface area (Å²) in [6, 6.07) is 12.3. The normalized spacial score (nSPS) is 13.8. The van der Waals surface area contributed by atoms with Gasteiger partial charge in [0.2, 0.25) is 5.13 Å². The first-order valence-corrected chi connectivity index (χ1v) is 13.4. The second-order valence-corrected chi connectivity index (χ2v) is 11.5. The van der Waals surface area contributed by atoms with Gasteiger partial charge in [0.05, 0.1) is 26.6 Å². The van der Waals surface area contributed by atoms with E-state index in [-0.39, 0.29) is 16.2 Å². The number of nitrogens with zero attached hydrogens (tertiary/aromatic N) is 3. The second kappa shape index (κ2) is 8.39. The van der Waals surface area contributed by atoms with Crippen LogP contribution in [0.25, 0.3) is 15.3 Å². The number of carbonyl (C=O) groups is 1. The van der Waals surface area contributed by atoms with Gasteiger partial charge in [-0.05, 0) is 74.1 Å². The molecule has 0 radical (unpaired) electrons. The zero-order valence-electron chi connectivity index (χ0n) is 18.5. The minimum atomic E-state index is -3.40. The van der Waals surface area contributed by atoms with Gasteiger partial charge in [-0.15, -0.1) is 0 Å². The molecule has 33 heavy (non-hydrogen) atoms. The van der Waals surface area contributed by atoms with E-state index in [1.165, 1.54) is 36.1 Å². The van der Waals surface area contributed by atoms with Crippen molar-refractivity contribution in [2.75, 3.05) is 11.1 Å². The van der Waals surface area contributed by atoms with E-state index in [2.05, 4.69) is 22.5 Å². The van der Waals surface area contributed by atoms with Crippen molar-refractivity contribution in [3.8, 4) is 5.13 Å². The Morgan fingerprint density at radius 1 is 1.12 bits per heavy atom. The van der Waals surface area contributed by atoms with Gasteiger partial charge in [0, 0.05) is 11.6 Å². The number of aryl methyl sites for hydroxylation is 3. The van der Waals surface area contributed by atoms with E-state index in [0.29, 0.717) is 10.9 Å². The molecule has 0 atom stereocenters. The first kappa shape index (κ1) is 21.8. The van der Waals surface area contributed by atoms with Crippen molar-refractivity contribution in [3.05, 3.63) is 64.8 Å². The van der Waals surface area contributed by atoms with Crippen LogP contribution in [-0.2, 0) is 22.7 Å². The van der Waals surface area contributed by atoms with Crippen molar-refractivity contribution in [2.24, 2.45) is 0 Å². The second-order valence-electron chi connectivity index (χ2n) is 8.26. The Balaban J connectivity index is 1.47. The number of benzene rings is 2. The molecular weight excluding hydrogens is 456 g/mol. The molecule has 2 heterocycles. The van der Waals surface area contributed by atoms with Gasteiger partial charge in [0.25, 0.3) is 5.91 Å². The van der Waals surface area contributed by atoms with Crippen molar-refractivity contribution >= 4 is 43.1 Å². The molecule has 4 aromatic rings. The highest BCUT2D eigenvalue weighted by Crippen LogP contribution is 2.32. The third-order valence-corrected chi connectivity index (χ3v) is 8.66. The highest BCUT2D eigenvalue weighted by atomic mass is 32.2. The van der Waals surface area contributed by atoms with E-state index < -0.39 is 15.7 Å². The van der Waals surface area contributed by atoms with Crippen LogP contribution < -0.4 is 5.32 Å². The van der Waals surface area contributed by atoms with E-state index >= 15 is 0 Å². The molecule has 2 aromatic heterocycles. The number of rotatable bonds is 5. The first-order valence-electron chi connectivity index (χ1n) is 11.0. The number of sulfone groups is 1. The molecule has 5 rings (SSSR count). The number of aromatic nitrogens is 3. The fourth-order valence-corrected chi connectivity index (χ4v) is 6.06. The molecule has 0 fully saturated rings. The minimum absolute atomic E-state index is 0.0227. The van der Waals surface area contributed by atoms with E-state index in [9.17, 15) is 13.2 Å². The van der Waals surface area contributed by atoms with Gasteiger partial charge in [0.15, 0.2) is 9.84 Å². The van der Waals surface area contributed by atoms with Gasteiger partial charge in [0.1, 0.15) is 5.82 Å². The minimum Gasteiger partial charge on any atom is -0.306 e. The number of carbonyl (C=O) groups excluding carboxylic acids is 1. The molecule has 0 saturated carbocycles. The summed E-state index contributed by atoms with van der Waals surface area (Å²) in [4.78, 5) is 17.9. The third kappa shape index (κ3) is 4.18. The SMILES string of the molecule is CCS(=O)(=O)c1cccc(C(=O)Nc2cc(C)nn2-c2nc3cc4c(cc3s2)CCCC4)c1. The lowest BCUT2D eigenvalue weighted by atomic mass is 9.92.